The summed E-state index contributed by atoms with van der Waals surface area (Å²) in [6.45, 7) is 0.175. The van der Waals surface area contributed by atoms with Crippen LogP contribution in [-0.4, -0.2) is 20.1 Å². The van der Waals surface area contributed by atoms with Crippen LogP contribution in [0.4, 0.5) is 11.4 Å². The van der Waals surface area contributed by atoms with Crippen LogP contribution in [0.1, 0.15) is 15.9 Å². The molecule has 0 bridgehead atoms. The van der Waals surface area contributed by atoms with Crippen LogP contribution in [0.25, 0.3) is 0 Å². The first kappa shape index (κ1) is 15.2. The van der Waals surface area contributed by atoms with E-state index in [-0.39, 0.29) is 6.61 Å². The van der Waals surface area contributed by atoms with Gasteiger partial charge in [0, 0.05) is 19.1 Å². The van der Waals surface area contributed by atoms with Gasteiger partial charge in [0.15, 0.2) is 0 Å². The van der Waals surface area contributed by atoms with Crippen molar-refractivity contribution >= 4 is 28.9 Å². The van der Waals surface area contributed by atoms with Crippen molar-refractivity contribution in [3.63, 3.8) is 0 Å². The molecule has 0 aliphatic rings. The third-order valence-corrected chi connectivity index (χ3v) is 3.24. The number of carbonyl (C=O) groups is 1. The fourth-order valence-electron chi connectivity index (χ4n) is 1.95. The van der Waals surface area contributed by atoms with Gasteiger partial charge in [0.1, 0.15) is 6.61 Å². The molecule has 0 aliphatic heterocycles. The van der Waals surface area contributed by atoms with E-state index in [4.69, 9.17) is 22.1 Å². The number of halogens is 1. The number of nitrogen functional groups attached to an aromatic ring is 1. The fraction of sp³-hybridized carbons (Fsp3) is 0.188. The lowest BCUT2D eigenvalue weighted by Gasteiger charge is -2.15. The van der Waals surface area contributed by atoms with Crippen molar-refractivity contribution in [2.45, 2.75) is 6.61 Å². The molecule has 2 aromatic carbocycles. The van der Waals surface area contributed by atoms with Gasteiger partial charge in [0.2, 0.25) is 0 Å². The monoisotopic (exact) mass is 304 g/mol. The lowest BCUT2D eigenvalue weighted by atomic mass is 10.1. The molecule has 0 saturated heterocycles. The van der Waals surface area contributed by atoms with E-state index < -0.39 is 5.97 Å². The summed E-state index contributed by atoms with van der Waals surface area (Å²) < 4.78 is 5.26. The average molecular weight is 305 g/mol. The summed E-state index contributed by atoms with van der Waals surface area (Å²) >= 11 is 5.88. The highest BCUT2D eigenvalue weighted by molar-refractivity contribution is 6.30. The number of anilines is 2. The van der Waals surface area contributed by atoms with Crippen LogP contribution in [-0.2, 0) is 11.3 Å². The SMILES string of the molecule is CN(C)c1ccc(C(=O)OCc2cccc(Cl)c2)cc1N. The van der Waals surface area contributed by atoms with Crippen LogP contribution < -0.4 is 10.6 Å². The summed E-state index contributed by atoms with van der Waals surface area (Å²) in [5.74, 6) is -0.410. The van der Waals surface area contributed by atoms with E-state index in [1.54, 1.807) is 30.3 Å². The van der Waals surface area contributed by atoms with Crippen molar-refractivity contribution < 1.29 is 9.53 Å². The Morgan fingerprint density at radius 3 is 2.62 bits per heavy atom. The molecule has 0 spiro atoms. The van der Waals surface area contributed by atoms with Crippen molar-refractivity contribution in [2.24, 2.45) is 0 Å². The molecule has 0 unspecified atom stereocenters. The lowest BCUT2D eigenvalue weighted by molar-refractivity contribution is 0.0473. The second kappa shape index (κ2) is 6.50. The van der Waals surface area contributed by atoms with E-state index in [9.17, 15) is 4.79 Å². The highest BCUT2D eigenvalue weighted by atomic mass is 35.5. The first-order chi connectivity index (χ1) is 9.97. The van der Waals surface area contributed by atoms with Gasteiger partial charge < -0.3 is 15.4 Å². The van der Waals surface area contributed by atoms with Crippen LogP contribution in [0.2, 0.25) is 5.02 Å². The topological polar surface area (TPSA) is 55.6 Å². The zero-order chi connectivity index (χ0) is 15.4. The minimum Gasteiger partial charge on any atom is -0.457 e. The number of hydrogen-bond acceptors (Lipinski definition) is 4. The van der Waals surface area contributed by atoms with Crippen molar-refractivity contribution in [1.29, 1.82) is 0 Å². The maximum Gasteiger partial charge on any atom is 0.338 e. The maximum atomic E-state index is 12.0. The predicted octanol–water partition coefficient (Wildman–Crippen LogP) is 3.35. The Bertz CT molecular complexity index is 656. The largest absolute Gasteiger partial charge is 0.457 e. The quantitative estimate of drug-likeness (QED) is 0.695. The Morgan fingerprint density at radius 2 is 2.00 bits per heavy atom. The predicted molar refractivity (Wildman–Crippen MR) is 85.8 cm³/mol. The molecule has 5 heteroatoms. The van der Waals surface area contributed by atoms with E-state index in [2.05, 4.69) is 0 Å². The van der Waals surface area contributed by atoms with Crippen LogP contribution in [0.3, 0.4) is 0 Å². The zero-order valence-electron chi connectivity index (χ0n) is 12.0. The molecule has 2 N–H and O–H groups in total. The lowest BCUT2D eigenvalue weighted by Crippen LogP contribution is -2.12. The number of ether oxygens (including phenoxy) is 1. The van der Waals surface area contributed by atoms with Crippen LogP contribution in [0.5, 0.6) is 0 Å². The van der Waals surface area contributed by atoms with Gasteiger partial charge in [0.05, 0.1) is 16.9 Å². The molecule has 2 aromatic rings. The molecule has 0 aliphatic carbocycles. The normalized spacial score (nSPS) is 10.2. The van der Waals surface area contributed by atoms with Gasteiger partial charge in [-0.25, -0.2) is 4.79 Å². The standard InChI is InChI=1S/C16H17ClN2O2/c1-19(2)15-7-6-12(9-14(15)18)16(20)21-10-11-4-3-5-13(17)8-11/h3-9H,10,18H2,1-2H3. The van der Waals surface area contributed by atoms with Crippen LogP contribution in [0, 0.1) is 0 Å². The van der Waals surface area contributed by atoms with E-state index in [1.165, 1.54) is 0 Å². The summed E-state index contributed by atoms with van der Waals surface area (Å²) in [4.78, 5) is 13.9. The van der Waals surface area contributed by atoms with E-state index >= 15 is 0 Å². The van der Waals surface area contributed by atoms with Crippen LogP contribution >= 0.6 is 11.6 Å². The zero-order valence-corrected chi connectivity index (χ0v) is 12.7. The van der Waals surface area contributed by atoms with Crippen molar-refractivity contribution in [3.8, 4) is 0 Å². The third-order valence-electron chi connectivity index (χ3n) is 3.00. The Morgan fingerprint density at radius 1 is 1.24 bits per heavy atom. The van der Waals surface area contributed by atoms with Crippen molar-refractivity contribution in [3.05, 3.63) is 58.6 Å². The number of hydrogen-bond donors (Lipinski definition) is 1. The summed E-state index contributed by atoms with van der Waals surface area (Å²) in [5, 5.41) is 0.614. The number of esters is 1. The molecule has 0 amide bonds. The number of rotatable bonds is 4. The van der Waals surface area contributed by atoms with Gasteiger partial charge >= 0.3 is 5.97 Å². The summed E-state index contributed by atoms with van der Waals surface area (Å²) in [6.07, 6.45) is 0. The molecule has 4 nitrogen and oxygen atoms in total. The highest BCUT2D eigenvalue weighted by Crippen LogP contribution is 2.23. The molecule has 0 saturated carbocycles. The molecule has 110 valence electrons. The van der Waals surface area contributed by atoms with E-state index in [1.807, 2.05) is 31.1 Å². The van der Waals surface area contributed by atoms with E-state index in [0.29, 0.717) is 16.3 Å². The van der Waals surface area contributed by atoms with Crippen molar-refractivity contribution in [1.82, 2.24) is 0 Å². The first-order valence-electron chi connectivity index (χ1n) is 6.46. The molecule has 2 rings (SSSR count). The minimum absolute atomic E-state index is 0.175. The van der Waals surface area contributed by atoms with Gasteiger partial charge in [-0.1, -0.05) is 23.7 Å². The Labute approximate surface area is 129 Å². The van der Waals surface area contributed by atoms with E-state index in [0.717, 1.165) is 11.3 Å². The smallest absolute Gasteiger partial charge is 0.338 e. The Balaban J connectivity index is 2.05. The summed E-state index contributed by atoms with van der Waals surface area (Å²) in [6, 6.07) is 12.3. The van der Waals surface area contributed by atoms with Gasteiger partial charge in [-0.05, 0) is 35.9 Å². The molecule has 0 radical (unpaired) electrons. The third kappa shape index (κ3) is 3.89. The fourth-order valence-corrected chi connectivity index (χ4v) is 2.16. The van der Waals surface area contributed by atoms with Gasteiger partial charge in [-0.15, -0.1) is 0 Å². The minimum atomic E-state index is -0.410. The Kier molecular flexibility index (Phi) is 4.70. The summed E-state index contributed by atoms with van der Waals surface area (Å²) in [5.41, 5.74) is 8.59. The molecule has 0 atom stereocenters. The number of nitrogens with zero attached hydrogens (tertiary/aromatic N) is 1. The highest BCUT2D eigenvalue weighted by Gasteiger charge is 2.10. The average Bonchev–Trinajstić information content (AvgIpc) is 2.44. The molecule has 0 aromatic heterocycles. The molecule has 0 heterocycles. The van der Waals surface area contributed by atoms with Gasteiger partial charge in [-0.3, -0.25) is 0 Å². The number of carbonyl (C=O) groups excluding carboxylic acids is 1. The molecule has 21 heavy (non-hydrogen) atoms. The molecular formula is C16H17ClN2O2. The second-order valence-electron chi connectivity index (χ2n) is 4.87. The summed E-state index contributed by atoms with van der Waals surface area (Å²) in [7, 11) is 3.78. The molecular weight excluding hydrogens is 288 g/mol. The second-order valence-corrected chi connectivity index (χ2v) is 5.31. The van der Waals surface area contributed by atoms with Gasteiger partial charge in [-0.2, -0.15) is 0 Å². The van der Waals surface area contributed by atoms with Gasteiger partial charge in [0.25, 0.3) is 0 Å². The molecule has 0 fully saturated rings. The van der Waals surface area contributed by atoms with Crippen molar-refractivity contribution in [2.75, 3.05) is 24.7 Å². The maximum absolute atomic E-state index is 12.0. The first-order valence-corrected chi connectivity index (χ1v) is 6.83. The van der Waals surface area contributed by atoms with Crippen LogP contribution in [0.15, 0.2) is 42.5 Å². The number of nitrogens with two attached hydrogens (primary N) is 1. The number of benzene rings is 2. The Hall–Kier alpha value is -2.20.